The van der Waals surface area contributed by atoms with Gasteiger partial charge in [0.25, 0.3) is 11.8 Å². The zero-order chi connectivity index (χ0) is 19.8. The average Bonchev–Trinajstić information content (AvgIpc) is 3.05. The van der Waals surface area contributed by atoms with Crippen molar-refractivity contribution in [3.63, 3.8) is 0 Å². The van der Waals surface area contributed by atoms with Crippen LogP contribution >= 0.6 is 15.9 Å². The number of imidazole rings is 1. The largest absolute Gasteiger partial charge is 0.348 e. The summed E-state index contributed by atoms with van der Waals surface area (Å²) in [5, 5.41) is 2.93. The third kappa shape index (κ3) is 3.42. The molecule has 4 rings (SSSR count). The first-order valence-corrected chi connectivity index (χ1v) is 10.1. The smallest absolute Gasteiger partial charge is 0.290 e. The van der Waals surface area contributed by atoms with Gasteiger partial charge in [0.2, 0.25) is 0 Å². The maximum absolute atomic E-state index is 12.7. The second kappa shape index (κ2) is 7.39. The van der Waals surface area contributed by atoms with E-state index in [-0.39, 0.29) is 17.9 Å². The molecule has 0 unspecified atom stereocenters. The predicted molar refractivity (Wildman–Crippen MR) is 111 cm³/mol. The van der Waals surface area contributed by atoms with Gasteiger partial charge < -0.3 is 14.8 Å². The molecule has 0 bridgehead atoms. The molecule has 3 aromatic rings. The number of amides is 2. The summed E-state index contributed by atoms with van der Waals surface area (Å²) in [4.78, 5) is 31.6. The number of carbonyl (C=O) groups is 2. The van der Waals surface area contributed by atoms with Crippen LogP contribution in [0.15, 0.2) is 46.9 Å². The molecule has 28 heavy (non-hydrogen) atoms. The monoisotopic (exact) mass is 440 g/mol. The third-order valence-corrected chi connectivity index (χ3v) is 5.49. The van der Waals surface area contributed by atoms with Crippen molar-refractivity contribution in [2.45, 2.75) is 33.0 Å². The molecule has 1 N–H and O–H groups in total. The number of nitrogens with zero attached hydrogens (tertiary/aromatic N) is 3. The zero-order valence-electron chi connectivity index (χ0n) is 15.8. The van der Waals surface area contributed by atoms with E-state index in [0.717, 1.165) is 15.6 Å². The molecule has 0 aliphatic carbocycles. The fraction of sp³-hybridized carbons (Fsp3) is 0.286. The van der Waals surface area contributed by atoms with Crippen LogP contribution in [0.1, 0.15) is 40.4 Å². The minimum absolute atomic E-state index is 0.0573. The van der Waals surface area contributed by atoms with Crippen LogP contribution < -0.4 is 5.32 Å². The number of carbonyl (C=O) groups excluding carboxylic acids is 2. The maximum Gasteiger partial charge on any atom is 0.290 e. The summed E-state index contributed by atoms with van der Waals surface area (Å²) in [6, 6.07) is 13.4. The van der Waals surface area contributed by atoms with Crippen molar-refractivity contribution in [2.75, 3.05) is 6.54 Å². The topological polar surface area (TPSA) is 67.2 Å². The van der Waals surface area contributed by atoms with E-state index in [1.807, 2.05) is 53.6 Å². The van der Waals surface area contributed by atoms with E-state index in [1.165, 1.54) is 0 Å². The van der Waals surface area contributed by atoms with Crippen LogP contribution in [0, 0.1) is 0 Å². The number of halogens is 1. The normalized spacial score (nSPS) is 13.9. The van der Waals surface area contributed by atoms with Crippen molar-refractivity contribution in [2.24, 2.45) is 0 Å². The van der Waals surface area contributed by atoms with Crippen LogP contribution in [0.2, 0.25) is 0 Å². The lowest BCUT2D eigenvalue weighted by molar-refractivity contribution is 0.0643. The van der Waals surface area contributed by atoms with Crippen molar-refractivity contribution < 1.29 is 9.59 Å². The van der Waals surface area contributed by atoms with Crippen molar-refractivity contribution in [3.05, 3.63) is 63.9 Å². The highest BCUT2D eigenvalue weighted by molar-refractivity contribution is 9.10. The van der Waals surface area contributed by atoms with Gasteiger partial charge in [-0.05, 0) is 49.7 Å². The van der Waals surface area contributed by atoms with E-state index < -0.39 is 0 Å². The zero-order valence-corrected chi connectivity index (χ0v) is 17.4. The van der Waals surface area contributed by atoms with E-state index in [2.05, 4.69) is 26.2 Å². The van der Waals surface area contributed by atoms with Gasteiger partial charge in [-0.3, -0.25) is 9.59 Å². The number of aromatic nitrogens is 2. The Morgan fingerprint density at radius 1 is 1.21 bits per heavy atom. The number of nitrogens with one attached hydrogen (secondary N) is 1. The summed E-state index contributed by atoms with van der Waals surface area (Å²) in [5.41, 5.74) is 3.10. The molecule has 1 aliphatic heterocycles. The van der Waals surface area contributed by atoms with Gasteiger partial charge in [0.1, 0.15) is 0 Å². The highest BCUT2D eigenvalue weighted by Gasteiger charge is 2.29. The van der Waals surface area contributed by atoms with Crippen LogP contribution in [-0.4, -0.2) is 38.9 Å². The predicted octanol–water partition coefficient (Wildman–Crippen LogP) is 3.59. The number of hydrogen-bond donors (Lipinski definition) is 1. The lowest BCUT2D eigenvalue weighted by Gasteiger charge is -2.30. The summed E-state index contributed by atoms with van der Waals surface area (Å²) in [6.45, 7) is 5.83. The second-order valence-corrected chi connectivity index (χ2v) is 8.11. The molecule has 0 radical (unpaired) electrons. The standard InChI is InChI=1S/C21H21BrN4O2/c1-13(2)25-8-9-26-18-7-6-15(11-17(18)24-19(26)21(25)28)20(27)23-12-14-4-3-5-16(22)10-14/h3-7,10-11,13H,8-9,12H2,1-2H3,(H,23,27). The highest BCUT2D eigenvalue weighted by atomic mass is 79.9. The summed E-state index contributed by atoms with van der Waals surface area (Å²) in [7, 11) is 0. The fourth-order valence-corrected chi connectivity index (χ4v) is 3.97. The van der Waals surface area contributed by atoms with Gasteiger partial charge in [0.15, 0.2) is 5.82 Å². The molecule has 7 heteroatoms. The SMILES string of the molecule is CC(C)N1CCn2c(nc3cc(C(=O)NCc4cccc(Br)c4)ccc32)C1=O. The molecular formula is C21H21BrN4O2. The van der Waals surface area contributed by atoms with E-state index >= 15 is 0 Å². The Morgan fingerprint density at radius 2 is 2.04 bits per heavy atom. The molecule has 2 amide bonds. The lowest BCUT2D eigenvalue weighted by atomic mass is 10.1. The summed E-state index contributed by atoms with van der Waals surface area (Å²) >= 11 is 3.43. The van der Waals surface area contributed by atoms with E-state index in [4.69, 9.17) is 0 Å². The number of hydrogen-bond acceptors (Lipinski definition) is 3. The summed E-state index contributed by atoms with van der Waals surface area (Å²) < 4.78 is 2.92. The third-order valence-electron chi connectivity index (χ3n) is 4.99. The molecule has 1 aromatic heterocycles. The van der Waals surface area contributed by atoms with Crippen molar-refractivity contribution in [1.29, 1.82) is 0 Å². The van der Waals surface area contributed by atoms with Crippen LogP contribution in [-0.2, 0) is 13.1 Å². The van der Waals surface area contributed by atoms with Crippen LogP contribution in [0.25, 0.3) is 11.0 Å². The molecule has 0 saturated carbocycles. The van der Waals surface area contributed by atoms with Gasteiger partial charge in [-0.1, -0.05) is 28.1 Å². The Labute approximate surface area is 171 Å². The molecule has 6 nitrogen and oxygen atoms in total. The highest BCUT2D eigenvalue weighted by Crippen LogP contribution is 2.23. The van der Waals surface area contributed by atoms with E-state index in [0.29, 0.717) is 36.5 Å². The van der Waals surface area contributed by atoms with Gasteiger partial charge in [0, 0.05) is 35.7 Å². The Morgan fingerprint density at radius 3 is 2.79 bits per heavy atom. The van der Waals surface area contributed by atoms with E-state index in [9.17, 15) is 9.59 Å². The van der Waals surface area contributed by atoms with Gasteiger partial charge in [-0.15, -0.1) is 0 Å². The van der Waals surface area contributed by atoms with Crippen LogP contribution in [0.5, 0.6) is 0 Å². The Bertz CT molecular complexity index is 1070. The first-order chi connectivity index (χ1) is 13.4. The molecule has 0 saturated heterocycles. The van der Waals surface area contributed by atoms with Crippen molar-refractivity contribution in [3.8, 4) is 0 Å². The molecule has 2 aromatic carbocycles. The average molecular weight is 441 g/mol. The lowest BCUT2D eigenvalue weighted by Crippen LogP contribution is -2.44. The molecule has 144 valence electrons. The van der Waals surface area contributed by atoms with Gasteiger partial charge in [0.05, 0.1) is 11.0 Å². The van der Waals surface area contributed by atoms with Crippen molar-refractivity contribution >= 4 is 38.8 Å². The van der Waals surface area contributed by atoms with Crippen molar-refractivity contribution in [1.82, 2.24) is 19.8 Å². The quantitative estimate of drug-likeness (QED) is 0.673. The Hall–Kier alpha value is -2.67. The first-order valence-electron chi connectivity index (χ1n) is 9.28. The molecule has 0 fully saturated rings. The minimum atomic E-state index is -0.164. The number of rotatable bonds is 4. The molecular weight excluding hydrogens is 420 g/mol. The second-order valence-electron chi connectivity index (χ2n) is 7.20. The number of fused-ring (bicyclic) bond motifs is 3. The van der Waals surface area contributed by atoms with Gasteiger partial charge in [-0.2, -0.15) is 0 Å². The van der Waals surface area contributed by atoms with Crippen LogP contribution in [0.3, 0.4) is 0 Å². The Kier molecular flexibility index (Phi) is 4.93. The van der Waals surface area contributed by atoms with Crippen LogP contribution in [0.4, 0.5) is 0 Å². The molecule has 2 heterocycles. The number of benzene rings is 2. The molecule has 0 spiro atoms. The summed E-state index contributed by atoms with van der Waals surface area (Å²) in [5.74, 6) is 0.225. The summed E-state index contributed by atoms with van der Waals surface area (Å²) in [6.07, 6.45) is 0. The van der Waals surface area contributed by atoms with E-state index in [1.54, 1.807) is 12.1 Å². The first kappa shape index (κ1) is 18.7. The van der Waals surface area contributed by atoms with Gasteiger partial charge >= 0.3 is 0 Å². The maximum atomic E-state index is 12.7. The molecule has 0 atom stereocenters. The van der Waals surface area contributed by atoms with Gasteiger partial charge in [-0.25, -0.2) is 4.98 Å². The fourth-order valence-electron chi connectivity index (χ4n) is 3.52. The molecule has 1 aliphatic rings. The minimum Gasteiger partial charge on any atom is -0.348 e. The Balaban J connectivity index is 1.57.